The molecule has 0 aliphatic carbocycles. The molecule has 0 bridgehead atoms. The van der Waals surface area contributed by atoms with Crippen LogP contribution in [0.5, 0.6) is 5.75 Å². The lowest BCUT2D eigenvalue weighted by Gasteiger charge is -2.07. The molecular weight excluding hydrogens is 269 g/mol. The van der Waals surface area contributed by atoms with E-state index in [2.05, 4.69) is 12.2 Å². The van der Waals surface area contributed by atoms with Gasteiger partial charge >= 0.3 is 0 Å². The molecule has 2 aromatic carbocycles. The number of hydrogen-bond donors (Lipinski definition) is 1. The lowest BCUT2D eigenvalue weighted by Crippen LogP contribution is -2.22. The maximum atomic E-state index is 12.8. The first kappa shape index (κ1) is 15.0. The van der Waals surface area contributed by atoms with Crippen molar-refractivity contribution >= 4 is 5.91 Å². The molecule has 2 aromatic rings. The van der Waals surface area contributed by atoms with E-state index in [-0.39, 0.29) is 11.7 Å². The number of benzene rings is 2. The highest BCUT2D eigenvalue weighted by atomic mass is 19.1. The van der Waals surface area contributed by atoms with Crippen LogP contribution in [0, 0.1) is 5.82 Å². The SMILES string of the molecule is CCCOc1ccc(CNC(=O)c2ccc(F)cc2)cc1. The molecule has 2 rings (SSSR count). The van der Waals surface area contributed by atoms with Crippen molar-refractivity contribution < 1.29 is 13.9 Å². The van der Waals surface area contributed by atoms with Crippen LogP contribution in [0.3, 0.4) is 0 Å². The molecule has 4 heteroatoms. The summed E-state index contributed by atoms with van der Waals surface area (Å²) in [7, 11) is 0. The van der Waals surface area contributed by atoms with Gasteiger partial charge in [0.15, 0.2) is 0 Å². The number of amides is 1. The number of carbonyl (C=O) groups excluding carboxylic acids is 1. The van der Waals surface area contributed by atoms with E-state index in [9.17, 15) is 9.18 Å². The lowest BCUT2D eigenvalue weighted by atomic mass is 10.2. The van der Waals surface area contributed by atoms with E-state index >= 15 is 0 Å². The van der Waals surface area contributed by atoms with Crippen LogP contribution in [0.15, 0.2) is 48.5 Å². The van der Waals surface area contributed by atoms with E-state index in [1.54, 1.807) is 0 Å². The predicted octanol–water partition coefficient (Wildman–Crippen LogP) is 3.54. The summed E-state index contributed by atoms with van der Waals surface area (Å²) in [5.74, 6) is 0.251. The third kappa shape index (κ3) is 4.60. The number of rotatable bonds is 6. The fourth-order valence-electron chi connectivity index (χ4n) is 1.81. The molecule has 0 saturated carbocycles. The van der Waals surface area contributed by atoms with Crippen molar-refractivity contribution in [2.45, 2.75) is 19.9 Å². The van der Waals surface area contributed by atoms with Crippen molar-refractivity contribution in [1.29, 1.82) is 0 Å². The van der Waals surface area contributed by atoms with Crippen molar-refractivity contribution in [3.63, 3.8) is 0 Å². The zero-order valence-electron chi connectivity index (χ0n) is 11.9. The van der Waals surface area contributed by atoms with E-state index in [0.717, 1.165) is 17.7 Å². The minimum Gasteiger partial charge on any atom is -0.494 e. The van der Waals surface area contributed by atoms with Crippen molar-refractivity contribution in [2.75, 3.05) is 6.61 Å². The summed E-state index contributed by atoms with van der Waals surface area (Å²) in [5.41, 5.74) is 1.42. The minimum atomic E-state index is -0.353. The highest BCUT2D eigenvalue weighted by Crippen LogP contribution is 2.12. The van der Waals surface area contributed by atoms with Gasteiger partial charge in [-0.15, -0.1) is 0 Å². The highest BCUT2D eigenvalue weighted by molar-refractivity contribution is 5.94. The minimum absolute atomic E-state index is 0.221. The second kappa shape index (κ2) is 7.43. The number of carbonyl (C=O) groups is 1. The molecular formula is C17H18FNO2. The van der Waals surface area contributed by atoms with Gasteiger partial charge in [-0.05, 0) is 48.4 Å². The van der Waals surface area contributed by atoms with E-state index in [1.807, 2.05) is 24.3 Å². The van der Waals surface area contributed by atoms with Crippen LogP contribution >= 0.6 is 0 Å². The summed E-state index contributed by atoms with van der Waals surface area (Å²) in [4.78, 5) is 11.9. The summed E-state index contributed by atoms with van der Waals surface area (Å²) >= 11 is 0. The standard InChI is InChI=1S/C17H18FNO2/c1-2-11-21-16-9-3-13(4-10-16)12-19-17(20)14-5-7-15(18)8-6-14/h3-10H,2,11-12H2,1H3,(H,19,20). The Kier molecular flexibility index (Phi) is 5.32. The molecule has 3 nitrogen and oxygen atoms in total. The van der Waals surface area contributed by atoms with E-state index in [4.69, 9.17) is 4.74 Å². The van der Waals surface area contributed by atoms with Gasteiger partial charge in [0.25, 0.3) is 5.91 Å². The Hall–Kier alpha value is -2.36. The van der Waals surface area contributed by atoms with Crippen molar-refractivity contribution in [3.8, 4) is 5.75 Å². The van der Waals surface area contributed by atoms with Gasteiger partial charge in [0, 0.05) is 12.1 Å². The number of nitrogens with one attached hydrogen (secondary N) is 1. The van der Waals surface area contributed by atoms with Gasteiger partial charge in [0.2, 0.25) is 0 Å². The van der Waals surface area contributed by atoms with E-state index in [0.29, 0.717) is 18.7 Å². The summed E-state index contributed by atoms with van der Waals surface area (Å²) in [6, 6.07) is 13.1. The van der Waals surface area contributed by atoms with Gasteiger partial charge in [0.05, 0.1) is 6.61 Å². The van der Waals surface area contributed by atoms with Gasteiger partial charge < -0.3 is 10.1 Å². The van der Waals surface area contributed by atoms with Gasteiger partial charge in [-0.3, -0.25) is 4.79 Å². The summed E-state index contributed by atoms with van der Waals surface area (Å²) in [6.45, 7) is 3.17. The van der Waals surface area contributed by atoms with E-state index < -0.39 is 0 Å². The first-order valence-corrected chi connectivity index (χ1v) is 6.94. The van der Waals surface area contributed by atoms with Crippen molar-refractivity contribution in [2.24, 2.45) is 0 Å². The molecule has 0 heterocycles. The number of hydrogen-bond acceptors (Lipinski definition) is 2. The van der Waals surface area contributed by atoms with Crippen molar-refractivity contribution in [3.05, 3.63) is 65.5 Å². The zero-order chi connectivity index (χ0) is 15.1. The third-order valence-corrected chi connectivity index (χ3v) is 2.96. The third-order valence-electron chi connectivity index (χ3n) is 2.96. The maximum absolute atomic E-state index is 12.8. The summed E-state index contributed by atoms with van der Waals surface area (Å²) in [5, 5.41) is 2.80. The predicted molar refractivity (Wildman–Crippen MR) is 79.8 cm³/mol. The second-order valence-corrected chi connectivity index (χ2v) is 4.68. The quantitative estimate of drug-likeness (QED) is 0.882. The Bertz CT molecular complexity index is 579. The molecule has 0 saturated heterocycles. The average Bonchev–Trinajstić information content (AvgIpc) is 2.52. The monoisotopic (exact) mass is 287 g/mol. The van der Waals surface area contributed by atoms with Crippen LogP contribution in [0.1, 0.15) is 29.3 Å². The number of halogens is 1. The fraction of sp³-hybridized carbons (Fsp3) is 0.235. The summed E-state index contributed by atoms with van der Waals surface area (Å²) in [6.07, 6.45) is 0.968. The van der Waals surface area contributed by atoms with Gasteiger partial charge in [0.1, 0.15) is 11.6 Å². The first-order valence-electron chi connectivity index (χ1n) is 6.94. The molecule has 0 spiro atoms. The maximum Gasteiger partial charge on any atom is 0.251 e. The molecule has 0 aliphatic heterocycles. The van der Waals surface area contributed by atoms with Crippen LogP contribution in [-0.2, 0) is 6.54 Å². The molecule has 0 radical (unpaired) electrons. The fourth-order valence-corrected chi connectivity index (χ4v) is 1.81. The normalized spacial score (nSPS) is 10.2. The number of ether oxygens (including phenoxy) is 1. The topological polar surface area (TPSA) is 38.3 Å². The largest absolute Gasteiger partial charge is 0.494 e. The van der Waals surface area contributed by atoms with Gasteiger partial charge in [-0.25, -0.2) is 4.39 Å². The average molecular weight is 287 g/mol. The van der Waals surface area contributed by atoms with Gasteiger partial charge in [-0.1, -0.05) is 19.1 Å². The van der Waals surface area contributed by atoms with Crippen LogP contribution in [0.4, 0.5) is 4.39 Å². The Balaban J connectivity index is 1.87. The Morgan fingerprint density at radius 1 is 1.10 bits per heavy atom. The summed E-state index contributed by atoms with van der Waals surface area (Å²) < 4.78 is 18.3. The molecule has 1 amide bonds. The molecule has 21 heavy (non-hydrogen) atoms. The second-order valence-electron chi connectivity index (χ2n) is 4.68. The molecule has 0 aromatic heterocycles. The van der Waals surface area contributed by atoms with Crippen molar-refractivity contribution in [1.82, 2.24) is 5.32 Å². The smallest absolute Gasteiger partial charge is 0.251 e. The first-order chi connectivity index (χ1) is 10.2. The van der Waals surface area contributed by atoms with Gasteiger partial charge in [-0.2, -0.15) is 0 Å². The van der Waals surface area contributed by atoms with E-state index in [1.165, 1.54) is 24.3 Å². The van der Waals surface area contributed by atoms with Crippen LogP contribution in [0.25, 0.3) is 0 Å². The zero-order valence-corrected chi connectivity index (χ0v) is 11.9. The Labute approximate surface area is 123 Å². The highest BCUT2D eigenvalue weighted by Gasteiger charge is 2.05. The Morgan fingerprint density at radius 2 is 1.76 bits per heavy atom. The molecule has 0 fully saturated rings. The van der Waals surface area contributed by atoms with Crippen LogP contribution < -0.4 is 10.1 Å². The molecule has 0 unspecified atom stereocenters. The molecule has 0 atom stereocenters. The molecule has 1 N–H and O–H groups in total. The molecule has 110 valence electrons. The molecule has 0 aliphatic rings. The van der Waals surface area contributed by atoms with Crippen LogP contribution in [-0.4, -0.2) is 12.5 Å². The van der Waals surface area contributed by atoms with Crippen LogP contribution in [0.2, 0.25) is 0 Å². The lowest BCUT2D eigenvalue weighted by molar-refractivity contribution is 0.0951. The Morgan fingerprint density at radius 3 is 2.38 bits per heavy atom.